The van der Waals surface area contributed by atoms with Gasteiger partial charge in [0.25, 0.3) is 0 Å². The van der Waals surface area contributed by atoms with E-state index in [-0.39, 0.29) is 17.9 Å². The maximum absolute atomic E-state index is 12.9. The molecule has 0 spiro atoms. The summed E-state index contributed by atoms with van der Waals surface area (Å²) in [5.41, 5.74) is 1.34. The van der Waals surface area contributed by atoms with Gasteiger partial charge in [-0.25, -0.2) is 9.97 Å². The topological polar surface area (TPSA) is 84.3 Å². The zero-order valence-electron chi connectivity index (χ0n) is 13.0. The number of carbonyl (C=O) groups excluding carboxylic acids is 1. The molecule has 4 rings (SSSR count). The van der Waals surface area contributed by atoms with Crippen LogP contribution in [0.15, 0.2) is 36.9 Å². The van der Waals surface area contributed by atoms with E-state index in [9.17, 15) is 9.90 Å². The molecule has 0 aliphatic carbocycles. The van der Waals surface area contributed by atoms with Crippen molar-refractivity contribution in [2.24, 2.45) is 5.92 Å². The number of ether oxygens (including phenoxy) is 1. The molecule has 6 nitrogen and oxygen atoms in total. The Morgan fingerprint density at radius 1 is 1.24 bits per heavy atom. The number of rotatable bonds is 3. The van der Waals surface area contributed by atoms with Gasteiger partial charge in [-0.3, -0.25) is 4.79 Å². The number of aliphatic hydroxyl groups is 1. The van der Waals surface area contributed by atoms with E-state index in [0.717, 1.165) is 5.56 Å². The molecule has 2 bridgehead atoms. The summed E-state index contributed by atoms with van der Waals surface area (Å²) in [6.45, 7) is 0. The summed E-state index contributed by atoms with van der Waals surface area (Å²) in [6.07, 6.45) is 3.83. The van der Waals surface area contributed by atoms with Gasteiger partial charge in [-0.15, -0.1) is 0 Å². The summed E-state index contributed by atoms with van der Waals surface area (Å²) in [5, 5.41) is 13.8. The molecule has 0 radical (unpaired) electrons. The summed E-state index contributed by atoms with van der Waals surface area (Å²) >= 11 is 11.9. The molecule has 5 atom stereocenters. The molecule has 2 aliphatic heterocycles. The predicted molar refractivity (Wildman–Crippen MR) is 92.6 cm³/mol. The van der Waals surface area contributed by atoms with E-state index in [1.54, 1.807) is 30.6 Å². The molecule has 130 valence electrons. The van der Waals surface area contributed by atoms with Crippen LogP contribution in [0.2, 0.25) is 10.0 Å². The van der Waals surface area contributed by atoms with Gasteiger partial charge in [0.1, 0.15) is 6.33 Å². The maximum Gasteiger partial charge on any atom is 0.230 e. The van der Waals surface area contributed by atoms with Crippen LogP contribution < -0.4 is 5.32 Å². The second kappa shape index (κ2) is 6.53. The Morgan fingerprint density at radius 2 is 2.00 bits per heavy atom. The van der Waals surface area contributed by atoms with Crippen LogP contribution in [0.3, 0.4) is 0 Å². The maximum atomic E-state index is 12.9. The molecule has 8 heteroatoms. The molecule has 25 heavy (non-hydrogen) atoms. The van der Waals surface area contributed by atoms with E-state index < -0.39 is 18.1 Å². The summed E-state index contributed by atoms with van der Waals surface area (Å²) < 4.78 is 5.85. The summed E-state index contributed by atoms with van der Waals surface area (Å²) in [5.74, 6) is -0.918. The SMILES string of the molecule is O=C(Nc1ccc(Cl)c(Cl)c1)C1C2CC(O)C(O2)C1c1cncnc1. The highest BCUT2D eigenvalue weighted by atomic mass is 35.5. The highest BCUT2D eigenvalue weighted by Gasteiger charge is 2.57. The number of aromatic nitrogens is 2. The highest BCUT2D eigenvalue weighted by Crippen LogP contribution is 2.49. The third kappa shape index (κ3) is 3.00. The van der Waals surface area contributed by atoms with Crippen LogP contribution in [-0.4, -0.2) is 39.3 Å². The number of hydrogen-bond acceptors (Lipinski definition) is 5. The zero-order chi connectivity index (χ0) is 17.6. The number of anilines is 1. The Labute approximate surface area is 154 Å². The Morgan fingerprint density at radius 3 is 2.72 bits per heavy atom. The zero-order valence-corrected chi connectivity index (χ0v) is 14.5. The van der Waals surface area contributed by atoms with E-state index in [2.05, 4.69) is 15.3 Å². The molecular weight excluding hydrogens is 365 g/mol. The summed E-state index contributed by atoms with van der Waals surface area (Å²) in [6, 6.07) is 4.92. The van der Waals surface area contributed by atoms with Gasteiger partial charge in [0.15, 0.2) is 0 Å². The Hall–Kier alpha value is -1.73. The van der Waals surface area contributed by atoms with Crippen LogP contribution in [0, 0.1) is 5.92 Å². The smallest absolute Gasteiger partial charge is 0.230 e. The Bertz CT molecular complexity index is 805. The number of benzene rings is 1. The lowest BCUT2D eigenvalue weighted by Crippen LogP contribution is -2.41. The number of amides is 1. The van der Waals surface area contributed by atoms with Gasteiger partial charge in [-0.1, -0.05) is 23.2 Å². The van der Waals surface area contributed by atoms with Crippen LogP contribution >= 0.6 is 23.2 Å². The summed E-state index contributed by atoms with van der Waals surface area (Å²) in [7, 11) is 0. The number of carbonyl (C=O) groups is 1. The number of nitrogens with one attached hydrogen (secondary N) is 1. The first-order valence-corrected chi connectivity index (χ1v) is 8.64. The number of hydrogen-bond donors (Lipinski definition) is 2. The van der Waals surface area contributed by atoms with Crippen LogP contribution in [0.5, 0.6) is 0 Å². The minimum atomic E-state index is -0.593. The van der Waals surface area contributed by atoms with Gasteiger partial charge in [0.05, 0.1) is 34.3 Å². The van der Waals surface area contributed by atoms with Crippen molar-refractivity contribution in [3.63, 3.8) is 0 Å². The highest BCUT2D eigenvalue weighted by molar-refractivity contribution is 6.42. The van der Waals surface area contributed by atoms with Crippen molar-refractivity contribution in [3.05, 3.63) is 52.5 Å². The molecule has 0 saturated carbocycles. The monoisotopic (exact) mass is 379 g/mol. The molecule has 3 heterocycles. The fraction of sp³-hybridized carbons (Fsp3) is 0.353. The largest absolute Gasteiger partial charge is 0.390 e. The second-order valence-corrected chi connectivity index (χ2v) is 7.10. The van der Waals surface area contributed by atoms with Crippen molar-refractivity contribution in [1.29, 1.82) is 0 Å². The molecule has 1 aromatic carbocycles. The fourth-order valence-corrected chi connectivity index (χ4v) is 4.02. The van der Waals surface area contributed by atoms with E-state index in [1.807, 2.05) is 0 Å². The van der Waals surface area contributed by atoms with Gasteiger partial charge in [0.2, 0.25) is 5.91 Å². The summed E-state index contributed by atoms with van der Waals surface area (Å²) in [4.78, 5) is 21.0. The molecule has 2 saturated heterocycles. The standard InChI is InChI=1S/C17H15Cl2N3O3/c18-10-2-1-9(3-11(10)19)22-17(24)15-13-4-12(23)16(25-13)14(15)8-5-20-7-21-6-8/h1-3,5-7,12-16,23H,4H2,(H,22,24). The number of nitrogens with zero attached hydrogens (tertiary/aromatic N) is 2. The van der Waals surface area contributed by atoms with E-state index in [0.29, 0.717) is 22.2 Å². The first-order valence-electron chi connectivity index (χ1n) is 7.89. The molecular formula is C17H15Cl2N3O3. The molecule has 2 fully saturated rings. The number of fused-ring (bicyclic) bond motifs is 2. The van der Waals surface area contributed by atoms with Crippen molar-refractivity contribution in [1.82, 2.24) is 9.97 Å². The van der Waals surface area contributed by atoms with Gasteiger partial charge in [0, 0.05) is 30.4 Å². The van der Waals surface area contributed by atoms with E-state index in [1.165, 1.54) is 6.33 Å². The van der Waals surface area contributed by atoms with Gasteiger partial charge >= 0.3 is 0 Å². The van der Waals surface area contributed by atoms with Crippen LogP contribution in [0.1, 0.15) is 17.9 Å². The van der Waals surface area contributed by atoms with Crippen molar-refractivity contribution in [2.45, 2.75) is 30.7 Å². The lowest BCUT2D eigenvalue weighted by molar-refractivity contribution is -0.121. The fourth-order valence-electron chi connectivity index (χ4n) is 3.72. The normalized spacial score (nSPS) is 30.4. The van der Waals surface area contributed by atoms with Crippen molar-refractivity contribution in [3.8, 4) is 0 Å². The van der Waals surface area contributed by atoms with Crippen molar-refractivity contribution >= 4 is 34.8 Å². The van der Waals surface area contributed by atoms with Crippen LogP contribution in [0.4, 0.5) is 5.69 Å². The van der Waals surface area contributed by atoms with E-state index >= 15 is 0 Å². The molecule has 2 N–H and O–H groups in total. The third-order valence-electron chi connectivity index (χ3n) is 4.78. The second-order valence-electron chi connectivity index (χ2n) is 6.28. The lowest BCUT2D eigenvalue weighted by Gasteiger charge is -2.29. The first-order chi connectivity index (χ1) is 12.0. The Kier molecular flexibility index (Phi) is 4.37. The quantitative estimate of drug-likeness (QED) is 0.856. The molecule has 1 aromatic heterocycles. The minimum absolute atomic E-state index is 0.188. The molecule has 2 aromatic rings. The third-order valence-corrected chi connectivity index (χ3v) is 5.52. The lowest BCUT2D eigenvalue weighted by atomic mass is 9.74. The average molecular weight is 380 g/mol. The predicted octanol–water partition coefficient (Wildman–Crippen LogP) is 2.65. The number of aliphatic hydroxyl groups excluding tert-OH is 1. The minimum Gasteiger partial charge on any atom is -0.390 e. The molecule has 1 amide bonds. The van der Waals surface area contributed by atoms with Crippen LogP contribution in [0.25, 0.3) is 0 Å². The van der Waals surface area contributed by atoms with Gasteiger partial charge in [-0.05, 0) is 23.8 Å². The molecule has 2 aliphatic rings. The number of halogens is 2. The van der Waals surface area contributed by atoms with Gasteiger partial charge < -0.3 is 15.2 Å². The first kappa shape index (κ1) is 16.7. The van der Waals surface area contributed by atoms with E-state index in [4.69, 9.17) is 27.9 Å². The average Bonchev–Trinajstić information content (AvgIpc) is 3.16. The molecule has 5 unspecified atom stereocenters. The van der Waals surface area contributed by atoms with Crippen LogP contribution in [-0.2, 0) is 9.53 Å². The van der Waals surface area contributed by atoms with Crippen molar-refractivity contribution < 1.29 is 14.6 Å². The van der Waals surface area contributed by atoms with Crippen molar-refractivity contribution in [2.75, 3.05) is 5.32 Å². The Balaban J connectivity index is 1.61. The van der Waals surface area contributed by atoms with Gasteiger partial charge in [-0.2, -0.15) is 0 Å².